The fourth-order valence-corrected chi connectivity index (χ4v) is 6.95. The van der Waals surface area contributed by atoms with Crippen molar-refractivity contribution in [3.8, 4) is 5.75 Å². The van der Waals surface area contributed by atoms with Crippen LogP contribution in [0.2, 0.25) is 0 Å². The van der Waals surface area contributed by atoms with Gasteiger partial charge in [0, 0.05) is 17.5 Å². The van der Waals surface area contributed by atoms with E-state index in [1.165, 1.54) is 23.8 Å². The van der Waals surface area contributed by atoms with Crippen LogP contribution < -0.4 is 21.0 Å². The Morgan fingerprint density at radius 3 is 2.33 bits per heavy atom. The molecular weight excluding hydrogens is 615 g/mol. The first-order chi connectivity index (χ1) is 22.0. The van der Waals surface area contributed by atoms with Crippen LogP contribution in [-0.2, 0) is 39.5 Å². The topological polar surface area (TPSA) is 170 Å². The molecule has 0 amide bonds. The van der Waals surface area contributed by atoms with Crippen molar-refractivity contribution in [2.24, 2.45) is 17.3 Å². The first kappa shape index (κ1) is 33.3. The number of nitrogen functional groups attached to an aromatic ring is 1. The van der Waals surface area contributed by atoms with Gasteiger partial charge in [-0.15, -0.1) is 0 Å². The molecule has 2 aromatic carbocycles. The summed E-state index contributed by atoms with van der Waals surface area (Å²) in [5, 5.41) is 2.69. The number of anilines is 1. The van der Waals surface area contributed by atoms with Gasteiger partial charge in [-0.3, -0.25) is 18.7 Å². The third-order valence-corrected chi connectivity index (χ3v) is 9.74. The molecule has 5 rings (SSSR count). The van der Waals surface area contributed by atoms with Gasteiger partial charge in [-0.1, -0.05) is 62.4 Å². The summed E-state index contributed by atoms with van der Waals surface area (Å²) in [6.07, 6.45) is 1.37. The number of nitrogens with two attached hydrogens (primary N) is 1. The van der Waals surface area contributed by atoms with Crippen molar-refractivity contribution in [2.45, 2.75) is 58.6 Å². The Hall–Kier alpha value is -4.03. The second-order valence-corrected chi connectivity index (χ2v) is 13.5. The quantitative estimate of drug-likeness (QED) is 0.187. The standard InChI is InChI=1S/C32H39N4O9P/c1-21(2)28(37)42-19-25-26(44-30(32(25)15-16-32)36-17-14-27(33)34-31(36)39)20-43-46(40,45-24-12-8-5-9-13-24)35-22(3)29(38)41-18-23-10-6-4-7-11-23/h4-14,17,21-22,25-26,30H,15-16,18-20H2,1-3H3,(H,35,40)(H2,33,34,39)/t22-,25+,26+,30+,46?/m0/s1. The highest BCUT2D eigenvalue weighted by Gasteiger charge is 2.65. The van der Waals surface area contributed by atoms with E-state index in [0.29, 0.717) is 12.8 Å². The van der Waals surface area contributed by atoms with Gasteiger partial charge in [0.25, 0.3) is 0 Å². The minimum atomic E-state index is -4.24. The molecule has 3 aromatic rings. The van der Waals surface area contributed by atoms with Gasteiger partial charge in [-0.05, 0) is 43.5 Å². The third-order valence-electron chi connectivity index (χ3n) is 8.10. The average molecular weight is 655 g/mol. The largest absolute Gasteiger partial charge is 0.465 e. The molecule has 1 saturated carbocycles. The lowest BCUT2D eigenvalue weighted by molar-refractivity contribution is -0.150. The van der Waals surface area contributed by atoms with E-state index in [4.69, 9.17) is 29.0 Å². The molecule has 0 radical (unpaired) electrons. The fraction of sp³-hybridized carbons (Fsp3) is 0.438. The van der Waals surface area contributed by atoms with E-state index in [-0.39, 0.29) is 43.3 Å². The number of aromatic nitrogens is 2. The molecular formula is C32H39N4O9P. The smallest absolute Gasteiger partial charge is 0.459 e. The Kier molecular flexibility index (Phi) is 10.3. The lowest BCUT2D eigenvalue weighted by atomic mass is 9.86. The number of para-hydroxylation sites is 1. The van der Waals surface area contributed by atoms with Gasteiger partial charge in [0.1, 0.15) is 30.4 Å². The van der Waals surface area contributed by atoms with Crippen LogP contribution in [0.1, 0.15) is 45.4 Å². The van der Waals surface area contributed by atoms with E-state index in [0.717, 1.165) is 5.56 Å². The van der Waals surface area contributed by atoms with Crippen LogP contribution >= 0.6 is 7.75 Å². The number of rotatable bonds is 14. The van der Waals surface area contributed by atoms with Crippen molar-refractivity contribution >= 4 is 25.5 Å². The summed E-state index contributed by atoms with van der Waals surface area (Å²) in [5.41, 5.74) is 5.37. The maximum atomic E-state index is 14.2. The number of ether oxygens (including phenoxy) is 3. The van der Waals surface area contributed by atoms with Crippen molar-refractivity contribution < 1.29 is 37.4 Å². The minimum absolute atomic E-state index is 0.00181. The molecule has 13 nitrogen and oxygen atoms in total. The van der Waals surface area contributed by atoms with Crippen LogP contribution in [0.3, 0.4) is 0 Å². The molecule has 1 unspecified atom stereocenters. The Labute approximate surface area is 266 Å². The maximum Gasteiger partial charge on any atom is 0.459 e. The van der Waals surface area contributed by atoms with Crippen LogP contribution in [0.4, 0.5) is 5.82 Å². The molecule has 3 N–H and O–H groups in total. The van der Waals surface area contributed by atoms with Gasteiger partial charge >= 0.3 is 25.4 Å². The van der Waals surface area contributed by atoms with Gasteiger partial charge in [-0.25, -0.2) is 9.36 Å². The molecule has 46 heavy (non-hydrogen) atoms. The highest BCUT2D eigenvalue weighted by Crippen LogP contribution is 2.65. The van der Waals surface area contributed by atoms with E-state index in [1.807, 2.05) is 30.3 Å². The normalized spacial score (nSPS) is 21.8. The summed E-state index contributed by atoms with van der Waals surface area (Å²) >= 11 is 0. The summed E-state index contributed by atoms with van der Waals surface area (Å²) in [7, 11) is -4.24. The van der Waals surface area contributed by atoms with Crippen LogP contribution in [0.25, 0.3) is 0 Å². The monoisotopic (exact) mass is 654 g/mol. The van der Waals surface area contributed by atoms with E-state index < -0.39 is 49.1 Å². The first-order valence-electron chi connectivity index (χ1n) is 15.1. The van der Waals surface area contributed by atoms with Crippen molar-refractivity contribution in [1.82, 2.24) is 14.6 Å². The van der Waals surface area contributed by atoms with Crippen molar-refractivity contribution in [3.63, 3.8) is 0 Å². The summed E-state index contributed by atoms with van der Waals surface area (Å²) < 4.78 is 44.8. The zero-order valence-electron chi connectivity index (χ0n) is 25.9. The summed E-state index contributed by atoms with van der Waals surface area (Å²) in [5.74, 6) is -1.48. The van der Waals surface area contributed by atoms with Crippen LogP contribution in [0.5, 0.6) is 5.75 Å². The average Bonchev–Trinajstić information content (AvgIpc) is 3.77. The molecule has 1 saturated heterocycles. The van der Waals surface area contributed by atoms with Gasteiger partial charge in [0.05, 0.1) is 25.2 Å². The highest BCUT2D eigenvalue weighted by molar-refractivity contribution is 7.52. The van der Waals surface area contributed by atoms with E-state index in [2.05, 4.69) is 10.1 Å². The molecule has 1 aliphatic carbocycles. The molecule has 2 heterocycles. The molecule has 1 spiro atoms. The number of benzene rings is 2. The Morgan fingerprint density at radius 1 is 1.02 bits per heavy atom. The third kappa shape index (κ3) is 7.84. The molecule has 246 valence electrons. The van der Waals surface area contributed by atoms with Gasteiger partial charge in [-0.2, -0.15) is 10.1 Å². The number of carbonyl (C=O) groups excluding carboxylic acids is 2. The number of hydrogen-bond donors (Lipinski definition) is 2. The Morgan fingerprint density at radius 2 is 1.70 bits per heavy atom. The van der Waals surface area contributed by atoms with Crippen LogP contribution in [-0.4, -0.2) is 46.8 Å². The Balaban J connectivity index is 1.35. The van der Waals surface area contributed by atoms with Crippen LogP contribution in [0, 0.1) is 17.3 Å². The molecule has 2 aliphatic rings. The predicted octanol–water partition coefficient (Wildman–Crippen LogP) is 4.24. The van der Waals surface area contributed by atoms with Gasteiger partial charge in [0.15, 0.2) is 0 Å². The molecule has 0 bridgehead atoms. The molecule has 5 atom stereocenters. The predicted molar refractivity (Wildman–Crippen MR) is 167 cm³/mol. The van der Waals surface area contributed by atoms with Crippen molar-refractivity contribution in [2.75, 3.05) is 18.9 Å². The lowest BCUT2D eigenvalue weighted by Gasteiger charge is -2.26. The van der Waals surface area contributed by atoms with Gasteiger partial charge in [0.2, 0.25) is 0 Å². The zero-order chi connectivity index (χ0) is 32.9. The summed E-state index contributed by atoms with van der Waals surface area (Å²) in [6, 6.07) is 18.0. The number of nitrogens with zero attached hydrogens (tertiary/aromatic N) is 2. The SMILES string of the molecule is CC(C)C(=O)OC[C@@H]1[C@@H](COP(=O)(N[C@@H](C)C(=O)OCc2ccccc2)Oc2ccccc2)O[C@@H](n2ccc(N)nc2=O)C12CC2. The minimum Gasteiger partial charge on any atom is -0.465 e. The number of nitrogens with one attached hydrogen (secondary N) is 1. The van der Waals surface area contributed by atoms with E-state index >= 15 is 0 Å². The molecule has 2 fully saturated rings. The summed E-state index contributed by atoms with van der Waals surface area (Å²) in [4.78, 5) is 42.0. The fourth-order valence-electron chi connectivity index (χ4n) is 5.45. The molecule has 1 aromatic heterocycles. The van der Waals surface area contributed by atoms with Gasteiger partial charge < -0.3 is 24.5 Å². The molecule has 14 heteroatoms. The number of esters is 2. The lowest BCUT2D eigenvalue weighted by Crippen LogP contribution is -2.37. The van der Waals surface area contributed by atoms with Crippen LogP contribution in [0.15, 0.2) is 77.7 Å². The highest BCUT2D eigenvalue weighted by atomic mass is 31.2. The maximum absolute atomic E-state index is 14.2. The summed E-state index contributed by atoms with van der Waals surface area (Å²) in [6.45, 7) is 4.72. The van der Waals surface area contributed by atoms with Crippen molar-refractivity contribution in [1.29, 1.82) is 0 Å². The number of hydrogen-bond acceptors (Lipinski definition) is 11. The Bertz CT molecular complexity index is 1610. The second kappa shape index (κ2) is 14.2. The number of carbonyl (C=O) groups is 2. The first-order valence-corrected chi connectivity index (χ1v) is 16.7. The zero-order valence-corrected chi connectivity index (χ0v) is 26.8. The van der Waals surface area contributed by atoms with Crippen molar-refractivity contribution in [3.05, 3.63) is 89.0 Å². The molecule has 1 aliphatic heterocycles. The second-order valence-electron chi connectivity index (χ2n) is 11.8. The van der Waals surface area contributed by atoms with E-state index in [9.17, 15) is 18.9 Å². The van der Waals surface area contributed by atoms with E-state index in [1.54, 1.807) is 44.2 Å².